The van der Waals surface area contributed by atoms with Crippen molar-refractivity contribution in [2.24, 2.45) is 0 Å². The van der Waals surface area contributed by atoms with Gasteiger partial charge in [-0.2, -0.15) is 0 Å². The number of aryl methyl sites for hydroxylation is 2. The maximum Gasteiger partial charge on any atom is 0.277 e. The minimum Gasteiger partial charge on any atom is -0.382 e. The highest BCUT2D eigenvalue weighted by molar-refractivity contribution is 6.35. The Hall–Kier alpha value is -3.26. The Morgan fingerprint density at radius 1 is 0.970 bits per heavy atom. The Morgan fingerprint density at radius 2 is 1.67 bits per heavy atom. The number of carbonyl (C=O) groups is 2. The van der Waals surface area contributed by atoms with E-state index in [9.17, 15) is 9.59 Å². The Labute approximate surface area is 194 Å². The van der Waals surface area contributed by atoms with Crippen molar-refractivity contribution in [3.63, 3.8) is 0 Å². The topological polar surface area (TPSA) is 78.9 Å². The van der Waals surface area contributed by atoms with Gasteiger partial charge in [-0.05, 0) is 44.4 Å². The van der Waals surface area contributed by atoms with Crippen LogP contribution < -0.4 is 4.90 Å². The van der Waals surface area contributed by atoms with Crippen LogP contribution in [0.25, 0.3) is 5.57 Å². The number of rotatable bonds is 8. The van der Waals surface area contributed by atoms with Crippen LogP contribution in [0.3, 0.4) is 0 Å². The molecular weight excluding hydrogens is 418 g/mol. The number of piperazine rings is 1. The number of aromatic nitrogens is 2. The molecule has 0 aliphatic carbocycles. The van der Waals surface area contributed by atoms with Crippen LogP contribution in [0.15, 0.2) is 42.4 Å². The fraction of sp³-hybridized carbons (Fsp3) is 0.440. The lowest BCUT2D eigenvalue weighted by atomic mass is 9.97. The van der Waals surface area contributed by atoms with Gasteiger partial charge >= 0.3 is 0 Å². The van der Waals surface area contributed by atoms with Gasteiger partial charge in [0, 0.05) is 58.3 Å². The first-order valence-corrected chi connectivity index (χ1v) is 11.5. The second-order valence-corrected chi connectivity index (χ2v) is 8.38. The van der Waals surface area contributed by atoms with Crippen LogP contribution >= 0.6 is 0 Å². The maximum atomic E-state index is 13.5. The highest BCUT2D eigenvalue weighted by atomic mass is 16.5. The number of hydrogen-bond acceptors (Lipinski definition) is 7. The summed E-state index contributed by atoms with van der Waals surface area (Å²) in [4.78, 5) is 41.2. The molecule has 4 rings (SSSR count). The number of carbonyl (C=O) groups excluding carboxylic acids is 2. The summed E-state index contributed by atoms with van der Waals surface area (Å²) in [5, 5.41) is 0. The van der Waals surface area contributed by atoms with Gasteiger partial charge in [0.15, 0.2) is 0 Å². The SMILES string of the molecule is CCOCCCN1C(=O)C(c2ccc(C)cc2C)=C(N2CCN(c3ncccn3)CC2)C1=O. The average Bonchev–Trinajstić information content (AvgIpc) is 3.07. The molecule has 0 atom stereocenters. The molecule has 2 aliphatic rings. The quantitative estimate of drug-likeness (QED) is 0.452. The van der Waals surface area contributed by atoms with Crippen molar-refractivity contribution < 1.29 is 14.3 Å². The molecule has 1 saturated heterocycles. The second kappa shape index (κ2) is 10.1. The molecule has 0 saturated carbocycles. The van der Waals surface area contributed by atoms with E-state index < -0.39 is 0 Å². The molecular formula is C25H31N5O3. The molecule has 1 aromatic heterocycles. The highest BCUT2D eigenvalue weighted by Gasteiger charge is 2.42. The van der Waals surface area contributed by atoms with Gasteiger partial charge in [-0.25, -0.2) is 9.97 Å². The molecule has 174 valence electrons. The lowest BCUT2D eigenvalue weighted by molar-refractivity contribution is -0.137. The number of ether oxygens (including phenoxy) is 1. The number of anilines is 1. The zero-order valence-corrected chi connectivity index (χ0v) is 19.6. The van der Waals surface area contributed by atoms with Crippen molar-refractivity contribution in [2.45, 2.75) is 27.2 Å². The average molecular weight is 450 g/mol. The predicted molar refractivity (Wildman–Crippen MR) is 126 cm³/mol. The van der Waals surface area contributed by atoms with E-state index in [0.29, 0.717) is 69.6 Å². The summed E-state index contributed by atoms with van der Waals surface area (Å²) in [6, 6.07) is 7.81. The van der Waals surface area contributed by atoms with E-state index in [2.05, 4.69) is 25.8 Å². The van der Waals surface area contributed by atoms with Gasteiger partial charge in [0.1, 0.15) is 5.70 Å². The lowest BCUT2D eigenvalue weighted by Gasteiger charge is -2.36. The molecule has 1 fully saturated rings. The van der Waals surface area contributed by atoms with E-state index in [0.717, 1.165) is 16.7 Å². The standard InChI is InChI=1S/C25H31N5O3/c1-4-33-16-6-11-30-23(31)21(20-8-7-18(2)17-19(20)3)22(24(30)32)28-12-14-29(15-13-28)25-26-9-5-10-27-25/h5,7-10,17H,4,6,11-16H2,1-3H3. The summed E-state index contributed by atoms with van der Waals surface area (Å²) >= 11 is 0. The molecule has 0 bridgehead atoms. The van der Waals surface area contributed by atoms with Crippen molar-refractivity contribution >= 4 is 23.3 Å². The van der Waals surface area contributed by atoms with Crippen LogP contribution in [0, 0.1) is 13.8 Å². The predicted octanol–water partition coefficient (Wildman–Crippen LogP) is 2.42. The van der Waals surface area contributed by atoms with Crippen molar-refractivity contribution in [3.8, 4) is 0 Å². The van der Waals surface area contributed by atoms with E-state index in [1.807, 2.05) is 32.9 Å². The Balaban J connectivity index is 1.61. The molecule has 8 nitrogen and oxygen atoms in total. The van der Waals surface area contributed by atoms with Crippen LogP contribution in [-0.2, 0) is 14.3 Å². The van der Waals surface area contributed by atoms with Gasteiger partial charge in [-0.15, -0.1) is 0 Å². The van der Waals surface area contributed by atoms with Crippen LogP contribution in [0.2, 0.25) is 0 Å². The molecule has 3 heterocycles. The van der Waals surface area contributed by atoms with Crippen LogP contribution in [0.5, 0.6) is 0 Å². The molecule has 2 amide bonds. The van der Waals surface area contributed by atoms with Gasteiger partial charge < -0.3 is 14.5 Å². The van der Waals surface area contributed by atoms with E-state index in [1.54, 1.807) is 18.5 Å². The molecule has 1 aromatic carbocycles. The Morgan fingerprint density at radius 3 is 2.33 bits per heavy atom. The summed E-state index contributed by atoms with van der Waals surface area (Å²) in [7, 11) is 0. The number of imide groups is 1. The van der Waals surface area contributed by atoms with Gasteiger partial charge in [0.2, 0.25) is 5.95 Å². The fourth-order valence-corrected chi connectivity index (χ4v) is 4.45. The summed E-state index contributed by atoms with van der Waals surface area (Å²) < 4.78 is 5.41. The third-order valence-corrected chi connectivity index (χ3v) is 6.10. The van der Waals surface area contributed by atoms with Crippen molar-refractivity contribution in [2.75, 3.05) is 50.8 Å². The van der Waals surface area contributed by atoms with E-state index in [-0.39, 0.29) is 11.8 Å². The minimum atomic E-state index is -0.215. The molecule has 2 aromatic rings. The summed E-state index contributed by atoms with van der Waals surface area (Å²) in [5.74, 6) is 0.260. The van der Waals surface area contributed by atoms with Gasteiger partial charge in [0.25, 0.3) is 11.8 Å². The van der Waals surface area contributed by atoms with Crippen LogP contribution in [0.1, 0.15) is 30.0 Å². The minimum absolute atomic E-state index is 0.212. The molecule has 0 spiro atoms. The van der Waals surface area contributed by atoms with Crippen LogP contribution in [0.4, 0.5) is 5.95 Å². The zero-order chi connectivity index (χ0) is 23.4. The summed E-state index contributed by atoms with van der Waals surface area (Å²) in [6.45, 7) is 10.1. The first-order chi connectivity index (χ1) is 16.0. The monoisotopic (exact) mass is 449 g/mol. The molecule has 0 radical (unpaired) electrons. The van der Waals surface area contributed by atoms with Gasteiger partial charge in [0.05, 0.1) is 5.57 Å². The number of benzene rings is 1. The smallest absolute Gasteiger partial charge is 0.277 e. The number of amides is 2. The van der Waals surface area contributed by atoms with Gasteiger partial charge in [-0.3, -0.25) is 14.5 Å². The highest BCUT2D eigenvalue weighted by Crippen LogP contribution is 2.34. The Kier molecular flexibility index (Phi) is 7.03. The van der Waals surface area contributed by atoms with Crippen molar-refractivity contribution in [3.05, 3.63) is 59.0 Å². The first kappa shape index (κ1) is 22.9. The van der Waals surface area contributed by atoms with Crippen molar-refractivity contribution in [1.82, 2.24) is 19.8 Å². The van der Waals surface area contributed by atoms with E-state index in [1.165, 1.54) is 4.90 Å². The third kappa shape index (κ3) is 4.75. The third-order valence-electron chi connectivity index (χ3n) is 6.10. The molecule has 8 heteroatoms. The fourth-order valence-electron chi connectivity index (χ4n) is 4.45. The molecule has 0 unspecified atom stereocenters. The van der Waals surface area contributed by atoms with E-state index in [4.69, 9.17) is 4.74 Å². The van der Waals surface area contributed by atoms with Gasteiger partial charge in [-0.1, -0.05) is 23.8 Å². The zero-order valence-electron chi connectivity index (χ0n) is 19.6. The summed E-state index contributed by atoms with van der Waals surface area (Å²) in [5.41, 5.74) is 3.97. The number of nitrogens with zero attached hydrogens (tertiary/aromatic N) is 5. The normalized spacial score (nSPS) is 16.9. The molecule has 2 aliphatic heterocycles. The maximum absolute atomic E-state index is 13.5. The van der Waals surface area contributed by atoms with Crippen molar-refractivity contribution in [1.29, 1.82) is 0 Å². The molecule has 33 heavy (non-hydrogen) atoms. The second-order valence-electron chi connectivity index (χ2n) is 8.38. The van der Waals surface area contributed by atoms with Crippen LogP contribution in [-0.4, -0.2) is 77.5 Å². The summed E-state index contributed by atoms with van der Waals surface area (Å²) in [6.07, 6.45) is 4.08. The number of hydrogen-bond donors (Lipinski definition) is 0. The lowest BCUT2D eigenvalue weighted by Crippen LogP contribution is -2.48. The Bertz CT molecular complexity index is 1050. The largest absolute Gasteiger partial charge is 0.382 e. The molecule has 0 N–H and O–H groups in total. The van der Waals surface area contributed by atoms with E-state index >= 15 is 0 Å². The first-order valence-electron chi connectivity index (χ1n) is 11.5.